The molecule has 2 rings (SSSR count). The first-order chi connectivity index (χ1) is 8.88. The van der Waals surface area contributed by atoms with Crippen LogP contribution in [0.15, 0.2) is 35.0 Å². The SMILES string of the molecule is Cc1cc(C(F)(F)F)ccc1C(N)Cc1ccsc1. The second-order valence-corrected chi connectivity index (χ2v) is 5.29. The van der Waals surface area contributed by atoms with Crippen molar-refractivity contribution in [3.8, 4) is 0 Å². The van der Waals surface area contributed by atoms with Gasteiger partial charge in [0.1, 0.15) is 0 Å². The third kappa shape index (κ3) is 3.36. The van der Waals surface area contributed by atoms with Crippen molar-refractivity contribution in [2.45, 2.75) is 25.6 Å². The van der Waals surface area contributed by atoms with Gasteiger partial charge in [-0.05, 0) is 59.0 Å². The van der Waals surface area contributed by atoms with Crippen molar-refractivity contribution >= 4 is 11.3 Å². The number of hydrogen-bond acceptors (Lipinski definition) is 2. The highest BCUT2D eigenvalue weighted by atomic mass is 32.1. The summed E-state index contributed by atoms with van der Waals surface area (Å²) in [7, 11) is 0. The average Bonchev–Trinajstić information content (AvgIpc) is 2.80. The highest BCUT2D eigenvalue weighted by Crippen LogP contribution is 2.31. The minimum atomic E-state index is -4.30. The average molecular weight is 285 g/mol. The molecule has 0 aliphatic heterocycles. The Kier molecular flexibility index (Phi) is 3.96. The Balaban J connectivity index is 2.21. The Morgan fingerprint density at radius 1 is 1.26 bits per heavy atom. The van der Waals surface area contributed by atoms with Crippen LogP contribution < -0.4 is 5.73 Å². The summed E-state index contributed by atoms with van der Waals surface area (Å²) in [6.07, 6.45) is -3.67. The van der Waals surface area contributed by atoms with Crippen LogP contribution in [0.5, 0.6) is 0 Å². The van der Waals surface area contributed by atoms with Crippen LogP contribution in [0.1, 0.15) is 28.3 Å². The van der Waals surface area contributed by atoms with E-state index < -0.39 is 11.7 Å². The van der Waals surface area contributed by atoms with Gasteiger partial charge in [-0.3, -0.25) is 0 Å². The molecule has 1 unspecified atom stereocenters. The van der Waals surface area contributed by atoms with Crippen LogP contribution in [-0.2, 0) is 12.6 Å². The number of rotatable bonds is 3. The summed E-state index contributed by atoms with van der Waals surface area (Å²) in [6.45, 7) is 1.66. The van der Waals surface area contributed by atoms with Gasteiger partial charge in [0.2, 0.25) is 0 Å². The molecule has 0 saturated carbocycles. The molecule has 0 aliphatic carbocycles. The molecular formula is C14H14F3NS. The van der Waals surface area contributed by atoms with Gasteiger partial charge in [-0.1, -0.05) is 6.07 Å². The van der Waals surface area contributed by atoms with Gasteiger partial charge in [-0.25, -0.2) is 0 Å². The minimum absolute atomic E-state index is 0.281. The monoisotopic (exact) mass is 285 g/mol. The molecule has 0 radical (unpaired) electrons. The van der Waals surface area contributed by atoms with Crippen LogP contribution in [0.4, 0.5) is 13.2 Å². The molecule has 1 heterocycles. The topological polar surface area (TPSA) is 26.0 Å². The molecule has 102 valence electrons. The van der Waals surface area contributed by atoms with Gasteiger partial charge in [-0.2, -0.15) is 24.5 Å². The first-order valence-corrected chi connectivity index (χ1v) is 6.76. The minimum Gasteiger partial charge on any atom is -0.324 e. The van der Waals surface area contributed by atoms with E-state index >= 15 is 0 Å². The Morgan fingerprint density at radius 3 is 2.53 bits per heavy atom. The van der Waals surface area contributed by atoms with Gasteiger partial charge in [-0.15, -0.1) is 0 Å². The second-order valence-electron chi connectivity index (χ2n) is 4.51. The lowest BCUT2D eigenvalue weighted by Crippen LogP contribution is -2.15. The van der Waals surface area contributed by atoms with E-state index in [2.05, 4.69) is 0 Å². The quantitative estimate of drug-likeness (QED) is 0.893. The largest absolute Gasteiger partial charge is 0.416 e. The lowest BCUT2D eigenvalue weighted by molar-refractivity contribution is -0.137. The van der Waals surface area contributed by atoms with E-state index in [0.717, 1.165) is 23.3 Å². The Hall–Kier alpha value is -1.33. The summed E-state index contributed by atoms with van der Waals surface area (Å²) in [5.41, 5.74) is 7.89. The summed E-state index contributed by atoms with van der Waals surface area (Å²) in [6, 6.07) is 5.43. The maximum absolute atomic E-state index is 12.6. The molecule has 0 fully saturated rings. The van der Waals surface area contributed by atoms with E-state index in [1.54, 1.807) is 18.3 Å². The normalized spacial score (nSPS) is 13.5. The van der Waals surface area contributed by atoms with Crippen LogP contribution in [0.3, 0.4) is 0 Å². The van der Waals surface area contributed by atoms with Gasteiger partial charge in [0.05, 0.1) is 5.56 Å². The predicted molar refractivity (Wildman–Crippen MR) is 71.1 cm³/mol. The fraction of sp³-hybridized carbons (Fsp3) is 0.286. The van der Waals surface area contributed by atoms with Crippen LogP contribution in [-0.4, -0.2) is 0 Å². The molecule has 0 amide bonds. The van der Waals surface area contributed by atoms with Crippen molar-refractivity contribution < 1.29 is 13.2 Å². The van der Waals surface area contributed by atoms with Crippen molar-refractivity contribution in [3.63, 3.8) is 0 Å². The molecule has 1 nitrogen and oxygen atoms in total. The second kappa shape index (κ2) is 5.35. The maximum Gasteiger partial charge on any atom is 0.416 e. The zero-order chi connectivity index (χ0) is 14.0. The summed E-state index contributed by atoms with van der Waals surface area (Å²) in [5, 5.41) is 3.96. The Labute approximate surface area is 113 Å². The smallest absolute Gasteiger partial charge is 0.324 e. The molecule has 0 bridgehead atoms. The molecular weight excluding hydrogens is 271 g/mol. The number of benzene rings is 1. The van der Waals surface area contributed by atoms with E-state index in [0.29, 0.717) is 12.0 Å². The van der Waals surface area contributed by atoms with Gasteiger partial charge in [0.25, 0.3) is 0 Å². The highest BCUT2D eigenvalue weighted by molar-refractivity contribution is 7.07. The zero-order valence-electron chi connectivity index (χ0n) is 10.4. The number of alkyl halides is 3. The molecule has 5 heteroatoms. The third-order valence-corrected chi connectivity index (χ3v) is 3.76. The number of thiophene rings is 1. The molecule has 1 atom stereocenters. The van der Waals surface area contributed by atoms with Crippen molar-refractivity contribution in [2.24, 2.45) is 5.73 Å². The van der Waals surface area contributed by atoms with Gasteiger partial charge < -0.3 is 5.73 Å². The van der Waals surface area contributed by atoms with Crippen molar-refractivity contribution in [3.05, 3.63) is 57.3 Å². The number of nitrogens with two attached hydrogens (primary N) is 1. The summed E-state index contributed by atoms with van der Waals surface area (Å²) in [5.74, 6) is 0. The zero-order valence-corrected chi connectivity index (χ0v) is 11.2. The van der Waals surface area contributed by atoms with E-state index in [1.807, 2.05) is 16.8 Å². The fourth-order valence-electron chi connectivity index (χ4n) is 2.04. The maximum atomic E-state index is 12.6. The van der Waals surface area contributed by atoms with Gasteiger partial charge in [0.15, 0.2) is 0 Å². The van der Waals surface area contributed by atoms with Crippen molar-refractivity contribution in [2.75, 3.05) is 0 Å². The number of hydrogen-bond donors (Lipinski definition) is 1. The van der Waals surface area contributed by atoms with E-state index in [1.165, 1.54) is 6.07 Å². The van der Waals surface area contributed by atoms with Gasteiger partial charge in [0, 0.05) is 6.04 Å². The summed E-state index contributed by atoms with van der Waals surface area (Å²) in [4.78, 5) is 0. The fourth-order valence-corrected chi connectivity index (χ4v) is 2.72. The Morgan fingerprint density at radius 2 is 2.00 bits per heavy atom. The molecule has 0 saturated heterocycles. The molecule has 0 spiro atoms. The van der Waals surface area contributed by atoms with Crippen LogP contribution in [0, 0.1) is 6.92 Å². The molecule has 1 aromatic heterocycles. The third-order valence-electron chi connectivity index (χ3n) is 3.03. The molecule has 1 aromatic carbocycles. The van der Waals surface area contributed by atoms with Crippen LogP contribution >= 0.6 is 11.3 Å². The van der Waals surface area contributed by atoms with E-state index in [4.69, 9.17) is 5.73 Å². The van der Waals surface area contributed by atoms with Crippen LogP contribution in [0.25, 0.3) is 0 Å². The lowest BCUT2D eigenvalue weighted by atomic mass is 9.95. The molecule has 0 aliphatic rings. The van der Waals surface area contributed by atoms with E-state index in [-0.39, 0.29) is 6.04 Å². The lowest BCUT2D eigenvalue weighted by Gasteiger charge is -2.16. The molecule has 2 aromatic rings. The first-order valence-electron chi connectivity index (χ1n) is 5.82. The van der Waals surface area contributed by atoms with Crippen molar-refractivity contribution in [1.29, 1.82) is 0 Å². The van der Waals surface area contributed by atoms with Crippen LogP contribution in [0.2, 0.25) is 0 Å². The van der Waals surface area contributed by atoms with Crippen molar-refractivity contribution in [1.82, 2.24) is 0 Å². The van der Waals surface area contributed by atoms with E-state index in [9.17, 15) is 13.2 Å². The highest BCUT2D eigenvalue weighted by Gasteiger charge is 2.30. The van der Waals surface area contributed by atoms with Gasteiger partial charge >= 0.3 is 6.18 Å². The molecule has 2 N–H and O–H groups in total. The first kappa shape index (κ1) is 14.1. The number of halogens is 3. The Bertz CT molecular complexity index is 546. The molecule has 19 heavy (non-hydrogen) atoms. The number of aryl methyl sites for hydroxylation is 1. The summed E-state index contributed by atoms with van der Waals surface area (Å²) < 4.78 is 37.7. The standard InChI is InChI=1S/C14H14F3NS/c1-9-6-11(14(15,16)17)2-3-12(9)13(18)7-10-4-5-19-8-10/h2-6,8,13H,7,18H2,1H3. The summed E-state index contributed by atoms with van der Waals surface area (Å²) >= 11 is 1.58. The predicted octanol–water partition coefficient (Wildman–Crippen LogP) is 4.32.